The van der Waals surface area contributed by atoms with Gasteiger partial charge >= 0.3 is 12.1 Å². The van der Waals surface area contributed by atoms with Crippen LogP contribution in [-0.4, -0.2) is 41.5 Å². The van der Waals surface area contributed by atoms with E-state index in [1.54, 1.807) is 0 Å². The number of anilines is 1. The maximum absolute atomic E-state index is 13.9. The van der Waals surface area contributed by atoms with Gasteiger partial charge in [-0.05, 0) is 42.3 Å². The zero-order chi connectivity index (χ0) is 29.6. The van der Waals surface area contributed by atoms with E-state index in [0.717, 1.165) is 18.4 Å². The number of halogens is 7. The molecule has 0 radical (unpaired) electrons. The minimum Gasteiger partial charge on any atom is -0.340 e. The van der Waals surface area contributed by atoms with Gasteiger partial charge in [0.1, 0.15) is 16.8 Å². The molecule has 4 aromatic rings. The highest BCUT2D eigenvalue weighted by Gasteiger charge is 2.40. The molecule has 0 saturated heterocycles. The summed E-state index contributed by atoms with van der Waals surface area (Å²) in [5, 5.41) is 6.15. The molecule has 0 spiro atoms. The number of benzene rings is 2. The van der Waals surface area contributed by atoms with Crippen LogP contribution in [0.3, 0.4) is 0 Å². The van der Waals surface area contributed by atoms with Gasteiger partial charge in [-0.15, -0.1) is 0 Å². The summed E-state index contributed by atoms with van der Waals surface area (Å²) in [6.07, 6.45) is -4.87. The summed E-state index contributed by atoms with van der Waals surface area (Å²) in [6, 6.07) is 6.50. The van der Waals surface area contributed by atoms with Crippen LogP contribution < -0.4 is 10.0 Å². The molecule has 212 valence electrons. The molecule has 2 N–H and O–H groups in total. The summed E-state index contributed by atoms with van der Waals surface area (Å²) in [6.45, 7) is 0. The SMILES string of the molecule is Cn1nc(NS(C)(=O)=O)c2c(Cl)ccc(-c3ccc(Cl)nc3C(Cc3cc(F)cc(F)c3)NC(=O)C(F)(F)F)c21. The van der Waals surface area contributed by atoms with Crippen molar-refractivity contribution in [3.05, 3.63) is 75.5 Å². The van der Waals surface area contributed by atoms with Crippen molar-refractivity contribution in [2.24, 2.45) is 7.05 Å². The van der Waals surface area contributed by atoms with Crippen LogP contribution in [0.15, 0.2) is 42.5 Å². The molecule has 0 aliphatic heterocycles. The number of hydrogen-bond acceptors (Lipinski definition) is 5. The summed E-state index contributed by atoms with van der Waals surface area (Å²) in [5.74, 6) is -4.37. The largest absolute Gasteiger partial charge is 0.471 e. The van der Waals surface area contributed by atoms with Crippen molar-refractivity contribution in [1.29, 1.82) is 0 Å². The Morgan fingerprint density at radius 3 is 2.27 bits per heavy atom. The van der Waals surface area contributed by atoms with Gasteiger partial charge in [-0.1, -0.05) is 29.3 Å². The molecule has 40 heavy (non-hydrogen) atoms. The van der Waals surface area contributed by atoms with Crippen LogP contribution in [0.4, 0.5) is 27.8 Å². The zero-order valence-corrected chi connectivity index (χ0v) is 22.8. The van der Waals surface area contributed by atoms with Gasteiger partial charge in [-0.2, -0.15) is 18.3 Å². The van der Waals surface area contributed by atoms with Crippen LogP contribution in [0.1, 0.15) is 17.3 Å². The lowest BCUT2D eigenvalue weighted by Crippen LogP contribution is -2.40. The number of pyridine rings is 1. The van der Waals surface area contributed by atoms with E-state index in [4.69, 9.17) is 23.2 Å². The lowest BCUT2D eigenvalue weighted by Gasteiger charge is -2.23. The molecule has 0 fully saturated rings. The highest BCUT2D eigenvalue weighted by Crippen LogP contribution is 2.40. The summed E-state index contributed by atoms with van der Waals surface area (Å²) in [5.41, 5.74) is 0.467. The van der Waals surface area contributed by atoms with Gasteiger partial charge in [-0.3, -0.25) is 14.2 Å². The van der Waals surface area contributed by atoms with Gasteiger partial charge < -0.3 is 5.32 Å². The Hall–Kier alpha value is -3.49. The number of sulfonamides is 1. The first-order valence-corrected chi connectivity index (χ1v) is 13.8. The monoisotopic (exact) mass is 621 g/mol. The molecule has 0 bridgehead atoms. The fraction of sp³-hybridized carbons (Fsp3) is 0.208. The molecule has 1 amide bonds. The van der Waals surface area contributed by atoms with E-state index in [1.807, 2.05) is 5.32 Å². The first kappa shape index (κ1) is 29.5. The van der Waals surface area contributed by atoms with Crippen LogP contribution in [-0.2, 0) is 28.3 Å². The van der Waals surface area contributed by atoms with Gasteiger partial charge in [0.25, 0.3) is 0 Å². The summed E-state index contributed by atoms with van der Waals surface area (Å²) in [7, 11) is -2.29. The maximum Gasteiger partial charge on any atom is 0.471 e. The number of nitrogens with zero attached hydrogens (tertiary/aromatic N) is 3. The van der Waals surface area contributed by atoms with E-state index in [1.165, 1.54) is 36.0 Å². The Kier molecular flexibility index (Phi) is 7.98. The number of fused-ring (bicyclic) bond motifs is 1. The maximum atomic E-state index is 13.9. The molecular weight excluding hydrogens is 604 g/mol. The van der Waals surface area contributed by atoms with Gasteiger partial charge in [0, 0.05) is 24.2 Å². The van der Waals surface area contributed by atoms with Crippen LogP contribution >= 0.6 is 23.2 Å². The third kappa shape index (κ3) is 6.45. The second-order valence-electron chi connectivity index (χ2n) is 8.74. The van der Waals surface area contributed by atoms with E-state index in [0.29, 0.717) is 6.07 Å². The standard InChI is InChI=1S/C24H18Cl2F5N5O3S/c1-36-21-15(3-5-16(25)19(21)22(34-36)35-40(2,38)39)14-4-6-18(26)33-20(14)17(32-23(37)24(29,30)31)9-11-7-12(27)10-13(28)8-11/h3-8,10,17H,9H2,1-2H3,(H,32,37)(H,34,35). The second-order valence-corrected chi connectivity index (χ2v) is 11.3. The van der Waals surface area contributed by atoms with Gasteiger partial charge in [-0.25, -0.2) is 22.2 Å². The number of aryl methyl sites for hydroxylation is 1. The number of alkyl halides is 3. The van der Waals surface area contributed by atoms with Crippen LogP contribution in [0.2, 0.25) is 10.2 Å². The van der Waals surface area contributed by atoms with Crippen molar-refractivity contribution in [3.63, 3.8) is 0 Å². The number of aromatic nitrogens is 3. The van der Waals surface area contributed by atoms with E-state index in [2.05, 4.69) is 14.8 Å². The number of rotatable bonds is 7. The number of hydrogen-bond donors (Lipinski definition) is 2. The minimum atomic E-state index is -5.29. The molecule has 4 rings (SSSR count). The van der Waals surface area contributed by atoms with Crippen molar-refractivity contribution in [2.75, 3.05) is 11.0 Å². The minimum absolute atomic E-state index is 0.0703. The zero-order valence-electron chi connectivity index (χ0n) is 20.4. The third-order valence-corrected chi connectivity index (χ3v) is 6.75. The topological polar surface area (TPSA) is 106 Å². The van der Waals surface area contributed by atoms with E-state index in [-0.39, 0.29) is 49.3 Å². The van der Waals surface area contributed by atoms with E-state index < -0.39 is 46.2 Å². The van der Waals surface area contributed by atoms with Crippen molar-refractivity contribution < 1.29 is 35.2 Å². The fourth-order valence-electron chi connectivity index (χ4n) is 4.21. The van der Waals surface area contributed by atoms with E-state index >= 15 is 0 Å². The summed E-state index contributed by atoms with van der Waals surface area (Å²) < 4.78 is 95.0. The Morgan fingerprint density at radius 1 is 1.05 bits per heavy atom. The molecular formula is C24H18Cl2F5N5O3S. The summed E-state index contributed by atoms with van der Waals surface area (Å²) in [4.78, 5) is 16.2. The Morgan fingerprint density at radius 2 is 1.68 bits per heavy atom. The first-order valence-electron chi connectivity index (χ1n) is 11.2. The molecule has 8 nitrogen and oxygen atoms in total. The Labute approximate surface area is 234 Å². The van der Waals surface area contributed by atoms with Crippen LogP contribution in [0, 0.1) is 11.6 Å². The molecule has 1 atom stereocenters. The number of nitrogens with one attached hydrogen (secondary N) is 2. The molecule has 0 aliphatic rings. The molecule has 0 saturated carbocycles. The van der Waals surface area contributed by atoms with Gasteiger partial charge in [0.15, 0.2) is 5.82 Å². The molecule has 0 aliphatic carbocycles. The fourth-order valence-corrected chi connectivity index (χ4v) is 5.10. The molecule has 16 heteroatoms. The average Bonchev–Trinajstić information content (AvgIpc) is 3.13. The second kappa shape index (κ2) is 10.8. The van der Waals surface area contributed by atoms with Crippen molar-refractivity contribution in [1.82, 2.24) is 20.1 Å². The predicted octanol–water partition coefficient (Wildman–Crippen LogP) is 5.55. The van der Waals surface area contributed by atoms with Crippen molar-refractivity contribution in [3.8, 4) is 11.1 Å². The lowest BCUT2D eigenvalue weighted by molar-refractivity contribution is -0.174. The number of carbonyl (C=O) groups excluding carboxylic acids is 1. The first-order chi connectivity index (χ1) is 18.5. The van der Waals surface area contributed by atoms with Gasteiger partial charge in [0.2, 0.25) is 10.0 Å². The van der Waals surface area contributed by atoms with Crippen LogP contribution in [0.5, 0.6) is 0 Å². The van der Waals surface area contributed by atoms with Crippen LogP contribution in [0.25, 0.3) is 22.0 Å². The summed E-state index contributed by atoms with van der Waals surface area (Å²) >= 11 is 12.5. The Balaban J connectivity index is 1.95. The van der Waals surface area contributed by atoms with E-state index in [9.17, 15) is 35.2 Å². The predicted molar refractivity (Wildman–Crippen MR) is 139 cm³/mol. The lowest BCUT2D eigenvalue weighted by atomic mass is 9.94. The smallest absolute Gasteiger partial charge is 0.340 e. The quantitative estimate of drug-likeness (QED) is 0.208. The molecule has 2 heterocycles. The van der Waals surface area contributed by atoms with Gasteiger partial charge in [0.05, 0.1) is 33.9 Å². The molecule has 2 aromatic carbocycles. The number of amides is 1. The molecule has 2 aromatic heterocycles. The normalized spacial score (nSPS) is 12.9. The Bertz CT molecular complexity index is 1720. The van der Waals surface area contributed by atoms with Crippen molar-refractivity contribution in [2.45, 2.75) is 18.6 Å². The highest BCUT2D eigenvalue weighted by molar-refractivity contribution is 7.92. The van der Waals surface area contributed by atoms with Crippen molar-refractivity contribution >= 4 is 55.9 Å². The highest BCUT2D eigenvalue weighted by atomic mass is 35.5. The third-order valence-electron chi connectivity index (χ3n) is 5.66. The molecule has 1 unspecified atom stereocenters. The average molecular weight is 622 g/mol. The number of carbonyl (C=O) groups is 1.